The Morgan fingerprint density at radius 2 is 1.71 bits per heavy atom. The van der Waals surface area contributed by atoms with Gasteiger partial charge < -0.3 is 24.5 Å². The van der Waals surface area contributed by atoms with E-state index in [1.165, 1.54) is 6.92 Å². The van der Waals surface area contributed by atoms with Crippen molar-refractivity contribution in [3.63, 3.8) is 0 Å². The Balaban J connectivity index is 1.45. The fourth-order valence-electron chi connectivity index (χ4n) is 4.60. The van der Waals surface area contributed by atoms with Gasteiger partial charge in [-0.25, -0.2) is 4.98 Å². The third-order valence-electron chi connectivity index (χ3n) is 6.53. The number of rotatable bonds is 6. The smallest absolute Gasteiger partial charge is 0.221 e. The first kappa shape index (κ1) is 23.2. The molecule has 2 N–H and O–H groups in total. The molecule has 3 aromatic carbocycles. The highest BCUT2D eigenvalue weighted by Crippen LogP contribution is 2.42. The zero-order valence-electron chi connectivity index (χ0n) is 19.8. The van der Waals surface area contributed by atoms with Crippen molar-refractivity contribution in [3.8, 4) is 0 Å². The fourth-order valence-corrected chi connectivity index (χ4v) is 4.60. The van der Waals surface area contributed by atoms with Gasteiger partial charge >= 0.3 is 0 Å². The number of aliphatic hydroxyl groups is 1. The third kappa shape index (κ3) is 4.98. The molecule has 0 saturated carbocycles. The summed E-state index contributed by atoms with van der Waals surface area (Å²) in [6.45, 7) is 4.27. The van der Waals surface area contributed by atoms with E-state index in [4.69, 9.17) is 9.47 Å². The molecule has 1 fully saturated rings. The van der Waals surface area contributed by atoms with E-state index in [-0.39, 0.29) is 30.6 Å². The predicted molar refractivity (Wildman–Crippen MR) is 133 cm³/mol. The number of carbonyl (C=O) groups is 1. The number of carbonyl (C=O) groups excluding carboxylic acids is 1. The van der Waals surface area contributed by atoms with Crippen LogP contribution in [0, 0.1) is 5.92 Å². The van der Waals surface area contributed by atoms with Gasteiger partial charge in [-0.05, 0) is 35.4 Å². The highest BCUT2D eigenvalue weighted by molar-refractivity contribution is 5.88. The van der Waals surface area contributed by atoms with Gasteiger partial charge in [-0.3, -0.25) is 4.79 Å². The van der Waals surface area contributed by atoms with Gasteiger partial charge in [-0.1, -0.05) is 55.5 Å². The number of anilines is 1. The molecular weight excluding hydrogens is 442 g/mol. The standard InChI is InChI=1S/C28H29N3O4/c1-18-26(15-31-17-29-24-5-3-4-6-25(24)31)34-28(22-11-13-23(14-12-22)30-19(2)33)35-27(18)21-9-7-20(16-32)8-10-21/h3-14,17-18,26-28,32H,15-16H2,1-2H3,(H,30,33)/t18-,26+,27+,28+/m1/s1. The number of fused-ring (bicyclic) bond motifs is 1. The minimum atomic E-state index is -0.570. The second-order valence-electron chi connectivity index (χ2n) is 9.01. The van der Waals surface area contributed by atoms with Crippen LogP contribution in [0.4, 0.5) is 5.69 Å². The van der Waals surface area contributed by atoms with Crippen molar-refractivity contribution >= 4 is 22.6 Å². The predicted octanol–water partition coefficient (Wildman–Crippen LogP) is 4.98. The minimum absolute atomic E-state index is 0.00404. The molecule has 7 nitrogen and oxygen atoms in total. The molecule has 1 aromatic heterocycles. The average molecular weight is 472 g/mol. The van der Waals surface area contributed by atoms with Crippen LogP contribution in [-0.4, -0.2) is 26.7 Å². The van der Waals surface area contributed by atoms with Gasteiger partial charge in [0.25, 0.3) is 0 Å². The molecular formula is C28H29N3O4. The lowest BCUT2D eigenvalue weighted by atomic mass is 9.90. The molecule has 4 atom stereocenters. The molecule has 7 heteroatoms. The van der Waals surface area contributed by atoms with Crippen LogP contribution in [0.2, 0.25) is 0 Å². The number of aliphatic hydroxyl groups excluding tert-OH is 1. The second kappa shape index (κ2) is 10.00. The number of imidazole rings is 1. The lowest BCUT2D eigenvalue weighted by Gasteiger charge is -2.41. The summed E-state index contributed by atoms with van der Waals surface area (Å²) in [5, 5.41) is 12.2. The van der Waals surface area contributed by atoms with Crippen molar-refractivity contribution in [1.29, 1.82) is 0 Å². The number of amides is 1. The fraction of sp³-hybridized carbons (Fsp3) is 0.286. The summed E-state index contributed by atoms with van der Waals surface area (Å²) >= 11 is 0. The molecule has 4 aromatic rings. The van der Waals surface area contributed by atoms with Crippen LogP contribution in [0.25, 0.3) is 11.0 Å². The van der Waals surface area contributed by atoms with Gasteiger partial charge in [0.15, 0.2) is 6.29 Å². The van der Waals surface area contributed by atoms with Crippen LogP contribution in [0.1, 0.15) is 42.9 Å². The third-order valence-corrected chi connectivity index (χ3v) is 6.53. The molecule has 5 rings (SSSR count). The molecule has 35 heavy (non-hydrogen) atoms. The summed E-state index contributed by atoms with van der Waals surface area (Å²) in [5.74, 6) is -0.0539. The molecule has 0 bridgehead atoms. The Labute approximate surface area is 204 Å². The SMILES string of the molecule is CC(=O)Nc1ccc([C@H]2O[C@@H](Cn3cnc4ccccc43)[C@@H](C)[C@@H](c3ccc(CO)cc3)O2)cc1. The van der Waals surface area contributed by atoms with Crippen molar-refractivity contribution in [2.75, 3.05) is 5.32 Å². The molecule has 0 unspecified atom stereocenters. The van der Waals surface area contributed by atoms with E-state index >= 15 is 0 Å². The zero-order valence-corrected chi connectivity index (χ0v) is 19.8. The van der Waals surface area contributed by atoms with E-state index in [1.807, 2.05) is 73.1 Å². The van der Waals surface area contributed by atoms with Crippen LogP contribution in [0.3, 0.4) is 0 Å². The molecule has 1 aliphatic heterocycles. The quantitative estimate of drug-likeness (QED) is 0.414. The van der Waals surface area contributed by atoms with Crippen LogP contribution in [0.15, 0.2) is 79.1 Å². The minimum Gasteiger partial charge on any atom is -0.392 e. The van der Waals surface area contributed by atoms with Crippen LogP contribution in [0.5, 0.6) is 0 Å². The lowest BCUT2D eigenvalue weighted by Crippen LogP contribution is -2.39. The Kier molecular flexibility index (Phi) is 6.63. The zero-order chi connectivity index (χ0) is 24.4. The van der Waals surface area contributed by atoms with Crippen molar-refractivity contribution in [3.05, 3.63) is 95.8 Å². The number of nitrogens with zero attached hydrogens (tertiary/aromatic N) is 2. The Morgan fingerprint density at radius 1 is 1.00 bits per heavy atom. The number of benzene rings is 3. The van der Waals surface area contributed by atoms with Crippen LogP contribution in [-0.2, 0) is 27.4 Å². The maximum Gasteiger partial charge on any atom is 0.221 e. The van der Waals surface area contributed by atoms with E-state index in [9.17, 15) is 9.90 Å². The van der Waals surface area contributed by atoms with Gasteiger partial charge in [0, 0.05) is 24.1 Å². The van der Waals surface area contributed by atoms with Gasteiger partial charge in [0.1, 0.15) is 0 Å². The molecule has 180 valence electrons. The number of hydrogen-bond donors (Lipinski definition) is 2. The average Bonchev–Trinajstić information content (AvgIpc) is 3.28. The van der Waals surface area contributed by atoms with Crippen LogP contribution < -0.4 is 5.32 Å². The van der Waals surface area contributed by atoms with E-state index in [1.54, 1.807) is 0 Å². The highest BCUT2D eigenvalue weighted by Gasteiger charge is 2.38. The summed E-state index contributed by atoms with van der Waals surface area (Å²) in [6, 6.07) is 23.5. The summed E-state index contributed by atoms with van der Waals surface area (Å²) in [5.41, 5.74) is 5.52. The number of nitrogens with one attached hydrogen (secondary N) is 1. The first-order chi connectivity index (χ1) is 17.0. The maximum atomic E-state index is 11.4. The van der Waals surface area contributed by atoms with E-state index in [0.717, 1.165) is 33.4 Å². The van der Waals surface area contributed by atoms with Crippen molar-refractivity contribution in [1.82, 2.24) is 9.55 Å². The number of hydrogen-bond acceptors (Lipinski definition) is 5. The Hall–Kier alpha value is -3.52. The van der Waals surface area contributed by atoms with Crippen molar-refractivity contribution in [2.24, 2.45) is 5.92 Å². The maximum absolute atomic E-state index is 11.4. The monoisotopic (exact) mass is 471 g/mol. The number of ether oxygens (including phenoxy) is 2. The summed E-state index contributed by atoms with van der Waals surface area (Å²) in [4.78, 5) is 15.9. The summed E-state index contributed by atoms with van der Waals surface area (Å²) < 4.78 is 15.2. The van der Waals surface area contributed by atoms with Crippen molar-refractivity contribution in [2.45, 2.75) is 45.5 Å². The highest BCUT2D eigenvalue weighted by atomic mass is 16.7. The number of para-hydroxylation sites is 2. The van der Waals surface area contributed by atoms with E-state index in [0.29, 0.717) is 6.54 Å². The van der Waals surface area contributed by atoms with Gasteiger partial charge in [0.2, 0.25) is 5.91 Å². The lowest BCUT2D eigenvalue weighted by molar-refractivity contribution is -0.276. The molecule has 0 aliphatic carbocycles. The second-order valence-corrected chi connectivity index (χ2v) is 9.01. The summed E-state index contributed by atoms with van der Waals surface area (Å²) in [6.07, 6.45) is 0.957. The molecule has 2 heterocycles. The van der Waals surface area contributed by atoms with Gasteiger partial charge in [-0.2, -0.15) is 0 Å². The molecule has 1 amide bonds. The largest absolute Gasteiger partial charge is 0.392 e. The Morgan fingerprint density at radius 3 is 2.43 bits per heavy atom. The van der Waals surface area contributed by atoms with Crippen LogP contribution >= 0.6 is 0 Å². The first-order valence-electron chi connectivity index (χ1n) is 11.8. The van der Waals surface area contributed by atoms with E-state index < -0.39 is 6.29 Å². The molecule has 1 saturated heterocycles. The number of aromatic nitrogens is 2. The normalized spacial score (nSPS) is 22.3. The molecule has 1 aliphatic rings. The molecule has 0 radical (unpaired) electrons. The van der Waals surface area contributed by atoms with E-state index in [2.05, 4.69) is 27.9 Å². The molecule has 0 spiro atoms. The van der Waals surface area contributed by atoms with Crippen molar-refractivity contribution < 1.29 is 19.4 Å². The Bertz CT molecular complexity index is 1300. The van der Waals surface area contributed by atoms with Gasteiger partial charge in [0.05, 0.1) is 42.7 Å². The summed E-state index contributed by atoms with van der Waals surface area (Å²) in [7, 11) is 0. The van der Waals surface area contributed by atoms with Gasteiger partial charge in [-0.15, -0.1) is 0 Å². The topological polar surface area (TPSA) is 85.6 Å². The first-order valence-corrected chi connectivity index (χ1v) is 11.8.